The average molecular weight is 217 g/mol. The molecule has 0 saturated carbocycles. The van der Waals surface area contributed by atoms with E-state index < -0.39 is 11.9 Å². The molecule has 0 aromatic carbocycles. The van der Waals surface area contributed by atoms with Crippen LogP contribution in [0, 0.1) is 0 Å². The summed E-state index contributed by atoms with van der Waals surface area (Å²) < 4.78 is 0. The van der Waals surface area contributed by atoms with Gasteiger partial charge in [0, 0.05) is 13.1 Å². The molecule has 0 radical (unpaired) electrons. The van der Waals surface area contributed by atoms with Crippen LogP contribution >= 0.6 is 0 Å². The molecule has 0 aliphatic rings. The first-order valence-electron chi connectivity index (χ1n) is 5.22. The summed E-state index contributed by atoms with van der Waals surface area (Å²) in [6.07, 6.45) is 2.14. The van der Waals surface area contributed by atoms with E-state index in [9.17, 15) is 9.59 Å². The highest BCUT2D eigenvalue weighted by Crippen LogP contribution is 1.99. The van der Waals surface area contributed by atoms with E-state index in [0.717, 1.165) is 19.4 Å². The van der Waals surface area contributed by atoms with E-state index in [0.29, 0.717) is 13.1 Å². The smallest absolute Gasteiger partial charge is 0.304 e. The van der Waals surface area contributed by atoms with Crippen molar-refractivity contribution >= 4 is 11.9 Å². The number of carboxylic acid groups (broad SMARTS) is 2. The minimum atomic E-state index is -0.841. The molecule has 5 heteroatoms. The lowest BCUT2D eigenvalue weighted by Crippen LogP contribution is -2.29. The largest absolute Gasteiger partial charge is 0.481 e. The van der Waals surface area contributed by atoms with Gasteiger partial charge in [-0.05, 0) is 13.0 Å². The molecule has 88 valence electrons. The third kappa shape index (κ3) is 9.21. The second-order valence-corrected chi connectivity index (χ2v) is 3.48. The molecule has 0 aliphatic carbocycles. The van der Waals surface area contributed by atoms with Crippen LogP contribution in [0.25, 0.3) is 0 Å². The highest BCUT2D eigenvalue weighted by Gasteiger charge is 2.08. The maximum absolute atomic E-state index is 10.4. The quantitative estimate of drug-likeness (QED) is 0.603. The fourth-order valence-electron chi connectivity index (χ4n) is 1.22. The van der Waals surface area contributed by atoms with Crippen LogP contribution in [0.3, 0.4) is 0 Å². The van der Waals surface area contributed by atoms with E-state index in [1.165, 1.54) is 0 Å². The summed E-state index contributed by atoms with van der Waals surface area (Å²) in [5, 5.41) is 17.0. The number of rotatable bonds is 9. The molecule has 0 aromatic rings. The molecule has 0 spiro atoms. The normalized spacial score (nSPS) is 10.5. The number of hydrogen-bond donors (Lipinski definition) is 2. The Hall–Kier alpha value is -1.10. The van der Waals surface area contributed by atoms with E-state index in [2.05, 4.69) is 0 Å². The van der Waals surface area contributed by atoms with E-state index in [1.54, 1.807) is 0 Å². The molecule has 0 aromatic heterocycles. The van der Waals surface area contributed by atoms with Crippen LogP contribution in [0.1, 0.15) is 32.6 Å². The van der Waals surface area contributed by atoms with Crippen molar-refractivity contribution in [3.05, 3.63) is 0 Å². The van der Waals surface area contributed by atoms with Crippen molar-refractivity contribution in [2.45, 2.75) is 32.6 Å². The SMILES string of the molecule is CCCCN(CCC(=O)O)CCC(=O)O. The van der Waals surface area contributed by atoms with Crippen LogP contribution in [0.4, 0.5) is 0 Å². The monoisotopic (exact) mass is 217 g/mol. The van der Waals surface area contributed by atoms with Gasteiger partial charge in [0.15, 0.2) is 0 Å². The number of nitrogens with zero attached hydrogens (tertiary/aromatic N) is 1. The summed E-state index contributed by atoms with van der Waals surface area (Å²) in [6.45, 7) is 3.69. The van der Waals surface area contributed by atoms with Crippen molar-refractivity contribution in [2.24, 2.45) is 0 Å². The fourth-order valence-corrected chi connectivity index (χ4v) is 1.22. The Balaban J connectivity index is 3.82. The predicted octanol–water partition coefficient (Wildman–Crippen LogP) is 1.04. The summed E-state index contributed by atoms with van der Waals surface area (Å²) in [5.74, 6) is -1.68. The van der Waals surface area contributed by atoms with Gasteiger partial charge in [0.25, 0.3) is 0 Å². The van der Waals surface area contributed by atoms with Gasteiger partial charge in [0.2, 0.25) is 0 Å². The van der Waals surface area contributed by atoms with Gasteiger partial charge in [-0.3, -0.25) is 9.59 Å². The number of carbonyl (C=O) groups is 2. The Morgan fingerprint density at radius 3 is 1.80 bits per heavy atom. The Morgan fingerprint density at radius 2 is 1.47 bits per heavy atom. The molecule has 15 heavy (non-hydrogen) atoms. The summed E-state index contributed by atoms with van der Waals surface area (Å²) in [5.41, 5.74) is 0. The Bertz CT molecular complexity index is 188. The van der Waals surface area contributed by atoms with E-state index in [1.807, 2.05) is 11.8 Å². The lowest BCUT2D eigenvalue weighted by atomic mass is 10.2. The Labute approximate surface area is 89.7 Å². The molecular formula is C10H19NO4. The van der Waals surface area contributed by atoms with Crippen molar-refractivity contribution in [3.8, 4) is 0 Å². The first kappa shape index (κ1) is 13.9. The zero-order valence-electron chi connectivity index (χ0n) is 9.11. The number of aliphatic carboxylic acids is 2. The van der Waals surface area contributed by atoms with Gasteiger partial charge in [-0.2, -0.15) is 0 Å². The molecule has 2 N–H and O–H groups in total. The van der Waals surface area contributed by atoms with Crippen molar-refractivity contribution in [2.75, 3.05) is 19.6 Å². The van der Waals surface area contributed by atoms with E-state index in [4.69, 9.17) is 10.2 Å². The van der Waals surface area contributed by atoms with Crippen LogP contribution < -0.4 is 0 Å². The lowest BCUT2D eigenvalue weighted by Gasteiger charge is -2.20. The molecule has 0 atom stereocenters. The van der Waals surface area contributed by atoms with Gasteiger partial charge in [0.05, 0.1) is 12.8 Å². The number of hydrogen-bond acceptors (Lipinski definition) is 3. The first-order chi connectivity index (χ1) is 7.06. The molecule has 0 unspecified atom stereocenters. The van der Waals surface area contributed by atoms with Crippen molar-refractivity contribution in [3.63, 3.8) is 0 Å². The van der Waals surface area contributed by atoms with Crippen LogP contribution in [0.2, 0.25) is 0 Å². The highest BCUT2D eigenvalue weighted by molar-refractivity contribution is 5.67. The molecule has 0 amide bonds. The standard InChI is InChI=1S/C10H19NO4/c1-2-3-6-11(7-4-9(12)13)8-5-10(14)15/h2-8H2,1H3,(H,12,13)(H,14,15). The zero-order chi connectivity index (χ0) is 11.7. The summed E-state index contributed by atoms with van der Waals surface area (Å²) in [6, 6.07) is 0. The maximum Gasteiger partial charge on any atom is 0.304 e. The first-order valence-corrected chi connectivity index (χ1v) is 5.22. The van der Waals surface area contributed by atoms with Gasteiger partial charge in [-0.1, -0.05) is 13.3 Å². The predicted molar refractivity (Wildman–Crippen MR) is 55.9 cm³/mol. The summed E-state index contributed by atoms with van der Waals surface area (Å²) >= 11 is 0. The molecule has 0 rings (SSSR count). The van der Waals surface area contributed by atoms with Crippen molar-refractivity contribution in [1.29, 1.82) is 0 Å². The minimum Gasteiger partial charge on any atom is -0.481 e. The van der Waals surface area contributed by atoms with Gasteiger partial charge in [0.1, 0.15) is 0 Å². The molecule has 0 heterocycles. The van der Waals surface area contributed by atoms with Gasteiger partial charge in [-0.15, -0.1) is 0 Å². The minimum absolute atomic E-state index is 0.0728. The topological polar surface area (TPSA) is 77.8 Å². The highest BCUT2D eigenvalue weighted by atomic mass is 16.4. The molecular weight excluding hydrogens is 198 g/mol. The van der Waals surface area contributed by atoms with Gasteiger partial charge in [-0.25, -0.2) is 0 Å². The zero-order valence-corrected chi connectivity index (χ0v) is 9.11. The molecule has 0 bridgehead atoms. The third-order valence-electron chi connectivity index (χ3n) is 2.11. The fraction of sp³-hybridized carbons (Fsp3) is 0.800. The van der Waals surface area contributed by atoms with E-state index in [-0.39, 0.29) is 12.8 Å². The summed E-state index contributed by atoms with van der Waals surface area (Å²) in [7, 11) is 0. The second-order valence-electron chi connectivity index (χ2n) is 3.48. The molecule has 0 aliphatic heterocycles. The lowest BCUT2D eigenvalue weighted by molar-refractivity contribution is -0.137. The van der Waals surface area contributed by atoms with Gasteiger partial charge >= 0.3 is 11.9 Å². The number of unbranched alkanes of at least 4 members (excludes halogenated alkanes) is 1. The second kappa shape index (κ2) is 8.23. The van der Waals surface area contributed by atoms with Crippen LogP contribution in [0.5, 0.6) is 0 Å². The van der Waals surface area contributed by atoms with Crippen molar-refractivity contribution in [1.82, 2.24) is 4.90 Å². The van der Waals surface area contributed by atoms with Gasteiger partial charge < -0.3 is 15.1 Å². The Morgan fingerprint density at radius 1 is 1.00 bits per heavy atom. The Kier molecular flexibility index (Phi) is 7.62. The van der Waals surface area contributed by atoms with Crippen LogP contribution in [-0.2, 0) is 9.59 Å². The summed E-state index contributed by atoms with van der Waals surface area (Å²) in [4.78, 5) is 22.6. The molecule has 0 saturated heterocycles. The maximum atomic E-state index is 10.4. The van der Waals surface area contributed by atoms with Crippen molar-refractivity contribution < 1.29 is 19.8 Å². The average Bonchev–Trinajstić information content (AvgIpc) is 2.16. The van der Waals surface area contributed by atoms with Crippen LogP contribution in [-0.4, -0.2) is 46.7 Å². The van der Waals surface area contributed by atoms with Crippen LogP contribution in [0.15, 0.2) is 0 Å². The number of carboxylic acids is 2. The third-order valence-corrected chi connectivity index (χ3v) is 2.11. The molecule has 0 fully saturated rings. The molecule has 5 nitrogen and oxygen atoms in total. The van der Waals surface area contributed by atoms with E-state index >= 15 is 0 Å².